The first-order valence-electron chi connectivity index (χ1n) is 10.7. The number of aryl methyl sites for hydroxylation is 1. The van der Waals surface area contributed by atoms with Crippen LogP contribution < -0.4 is 5.32 Å². The van der Waals surface area contributed by atoms with Crippen LogP contribution in [0.1, 0.15) is 50.7 Å². The maximum atomic E-state index is 5.04. The SMILES string of the molecule is CCNC(=NCC1CCN(Cc2csc(C)n2)CC1)N1CC(C)CC(C)C1. The molecule has 1 aromatic rings. The molecule has 1 N–H and O–H groups in total. The lowest BCUT2D eigenvalue weighted by Crippen LogP contribution is -2.48. The van der Waals surface area contributed by atoms with E-state index in [-0.39, 0.29) is 0 Å². The van der Waals surface area contributed by atoms with Crippen LogP contribution in [0.25, 0.3) is 0 Å². The van der Waals surface area contributed by atoms with Crippen molar-refractivity contribution in [3.63, 3.8) is 0 Å². The van der Waals surface area contributed by atoms with Gasteiger partial charge in [-0.05, 0) is 64.0 Å². The average Bonchev–Trinajstić information content (AvgIpc) is 3.04. The molecule has 0 bridgehead atoms. The highest BCUT2D eigenvalue weighted by atomic mass is 32.1. The second kappa shape index (κ2) is 9.87. The fraction of sp³-hybridized carbons (Fsp3) is 0.810. The Morgan fingerprint density at radius 2 is 1.96 bits per heavy atom. The summed E-state index contributed by atoms with van der Waals surface area (Å²) in [5, 5.41) is 6.91. The molecule has 27 heavy (non-hydrogen) atoms. The van der Waals surface area contributed by atoms with Crippen LogP contribution in [0.2, 0.25) is 0 Å². The van der Waals surface area contributed by atoms with Crippen molar-refractivity contribution in [2.45, 2.75) is 53.5 Å². The molecule has 3 rings (SSSR count). The minimum Gasteiger partial charge on any atom is -0.357 e. The summed E-state index contributed by atoms with van der Waals surface area (Å²) in [6, 6.07) is 0. The summed E-state index contributed by atoms with van der Waals surface area (Å²) in [6.45, 7) is 16.5. The van der Waals surface area contributed by atoms with Crippen molar-refractivity contribution in [3.8, 4) is 0 Å². The van der Waals surface area contributed by atoms with Crippen LogP contribution in [0.5, 0.6) is 0 Å². The van der Waals surface area contributed by atoms with Gasteiger partial charge in [-0.3, -0.25) is 9.89 Å². The zero-order chi connectivity index (χ0) is 19.2. The van der Waals surface area contributed by atoms with Crippen molar-refractivity contribution in [3.05, 3.63) is 16.1 Å². The maximum Gasteiger partial charge on any atom is 0.193 e. The Morgan fingerprint density at radius 3 is 2.56 bits per heavy atom. The highest BCUT2D eigenvalue weighted by Gasteiger charge is 2.25. The van der Waals surface area contributed by atoms with Gasteiger partial charge < -0.3 is 10.2 Å². The number of nitrogens with zero attached hydrogens (tertiary/aromatic N) is 4. The van der Waals surface area contributed by atoms with E-state index in [9.17, 15) is 0 Å². The molecule has 0 saturated carbocycles. The Bertz CT molecular complexity index is 595. The van der Waals surface area contributed by atoms with Gasteiger partial charge in [0, 0.05) is 38.1 Å². The number of hydrogen-bond donors (Lipinski definition) is 1. The summed E-state index contributed by atoms with van der Waals surface area (Å²) < 4.78 is 0. The maximum absolute atomic E-state index is 5.04. The standard InChI is InChI=1S/C21H37N5S/c1-5-22-21(26-12-16(2)10-17(3)13-26)23-11-19-6-8-25(9-7-19)14-20-15-27-18(4)24-20/h15-17,19H,5-14H2,1-4H3,(H,22,23). The van der Waals surface area contributed by atoms with Gasteiger partial charge in [0.25, 0.3) is 0 Å². The summed E-state index contributed by atoms with van der Waals surface area (Å²) in [6.07, 6.45) is 3.84. The molecule has 152 valence electrons. The molecule has 2 saturated heterocycles. The van der Waals surface area contributed by atoms with E-state index in [0.717, 1.165) is 50.5 Å². The Hall–Kier alpha value is -1.14. The van der Waals surface area contributed by atoms with Gasteiger partial charge >= 0.3 is 0 Å². The van der Waals surface area contributed by atoms with E-state index in [2.05, 4.69) is 53.2 Å². The van der Waals surface area contributed by atoms with Crippen molar-refractivity contribution >= 4 is 17.3 Å². The van der Waals surface area contributed by atoms with Crippen LogP contribution in [0.3, 0.4) is 0 Å². The van der Waals surface area contributed by atoms with Crippen molar-refractivity contribution in [2.75, 3.05) is 39.3 Å². The molecule has 2 aliphatic heterocycles. The van der Waals surface area contributed by atoms with Gasteiger partial charge in [-0.15, -0.1) is 11.3 Å². The van der Waals surface area contributed by atoms with Crippen LogP contribution in [-0.4, -0.2) is 60.0 Å². The first kappa shape index (κ1) is 20.6. The molecule has 0 spiro atoms. The van der Waals surface area contributed by atoms with Gasteiger partial charge in [0.05, 0.1) is 10.7 Å². The van der Waals surface area contributed by atoms with Gasteiger partial charge in [-0.1, -0.05) is 13.8 Å². The van der Waals surface area contributed by atoms with Gasteiger partial charge in [-0.2, -0.15) is 0 Å². The van der Waals surface area contributed by atoms with Crippen molar-refractivity contribution in [1.29, 1.82) is 0 Å². The molecule has 1 aromatic heterocycles. The average molecular weight is 392 g/mol. The topological polar surface area (TPSA) is 43.8 Å². The molecule has 0 aromatic carbocycles. The zero-order valence-corrected chi connectivity index (χ0v) is 18.4. The lowest BCUT2D eigenvalue weighted by molar-refractivity contribution is 0.178. The van der Waals surface area contributed by atoms with Gasteiger partial charge in [0.1, 0.15) is 0 Å². The van der Waals surface area contributed by atoms with Crippen LogP contribution in [0, 0.1) is 24.7 Å². The van der Waals surface area contributed by atoms with Crippen LogP contribution in [0.15, 0.2) is 10.4 Å². The second-order valence-electron chi connectivity index (χ2n) is 8.62. The molecule has 2 fully saturated rings. The van der Waals surface area contributed by atoms with E-state index in [1.165, 1.54) is 43.1 Å². The summed E-state index contributed by atoms with van der Waals surface area (Å²) in [5.74, 6) is 3.37. The first-order chi connectivity index (χ1) is 13.0. The lowest BCUT2D eigenvalue weighted by Gasteiger charge is -2.37. The highest BCUT2D eigenvalue weighted by Crippen LogP contribution is 2.22. The number of nitrogens with one attached hydrogen (secondary N) is 1. The number of hydrogen-bond acceptors (Lipinski definition) is 4. The van der Waals surface area contributed by atoms with Crippen LogP contribution >= 0.6 is 11.3 Å². The Kier molecular flexibility index (Phi) is 7.53. The number of rotatable bonds is 5. The van der Waals surface area contributed by atoms with E-state index < -0.39 is 0 Å². The molecule has 6 heteroatoms. The zero-order valence-electron chi connectivity index (χ0n) is 17.6. The van der Waals surface area contributed by atoms with Crippen LogP contribution in [0.4, 0.5) is 0 Å². The summed E-state index contributed by atoms with van der Waals surface area (Å²) in [5.41, 5.74) is 1.23. The van der Waals surface area contributed by atoms with E-state index in [1.54, 1.807) is 11.3 Å². The lowest BCUT2D eigenvalue weighted by atomic mass is 9.92. The number of aromatic nitrogens is 1. The molecule has 0 amide bonds. The summed E-state index contributed by atoms with van der Waals surface area (Å²) >= 11 is 1.76. The highest BCUT2D eigenvalue weighted by molar-refractivity contribution is 7.09. The predicted octanol–water partition coefficient (Wildman–Crippen LogP) is 3.61. The first-order valence-corrected chi connectivity index (χ1v) is 11.6. The fourth-order valence-corrected chi connectivity index (χ4v) is 5.12. The normalized spacial score (nSPS) is 25.8. The molecule has 2 atom stereocenters. The Morgan fingerprint density at radius 1 is 1.26 bits per heavy atom. The van der Waals surface area contributed by atoms with Crippen molar-refractivity contribution in [1.82, 2.24) is 20.1 Å². The van der Waals surface area contributed by atoms with Gasteiger partial charge in [0.2, 0.25) is 0 Å². The number of thiazole rings is 1. The van der Waals surface area contributed by atoms with Crippen LogP contribution in [-0.2, 0) is 6.54 Å². The largest absolute Gasteiger partial charge is 0.357 e. The fourth-order valence-electron chi connectivity index (χ4n) is 4.51. The van der Waals surface area contributed by atoms with E-state index in [1.807, 2.05) is 0 Å². The summed E-state index contributed by atoms with van der Waals surface area (Å²) in [7, 11) is 0. The van der Waals surface area contributed by atoms with Gasteiger partial charge in [-0.25, -0.2) is 4.98 Å². The second-order valence-corrected chi connectivity index (χ2v) is 9.69. The quantitative estimate of drug-likeness (QED) is 0.615. The third-order valence-electron chi connectivity index (χ3n) is 5.76. The van der Waals surface area contributed by atoms with E-state index >= 15 is 0 Å². The van der Waals surface area contributed by atoms with Crippen molar-refractivity contribution in [2.24, 2.45) is 22.7 Å². The van der Waals surface area contributed by atoms with Crippen molar-refractivity contribution < 1.29 is 0 Å². The molecule has 3 heterocycles. The molecule has 0 aliphatic carbocycles. The Balaban J connectivity index is 1.48. The number of aliphatic imine (C=N–C) groups is 1. The molecule has 0 radical (unpaired) electrons. The van der Waals surface area contributed by atoms with E-state index in [0.29, 0.717) is 5.92 Å². The number of piperidine rings is 2. The third kappa shape index (κ3) is 6.18. The third-order valence-corrected chi connectivity index (χ3v) is 6.58. The number of guanidine groups is 1. The predicted molar refractivity (Wildman–Crippen MR) is 115 cm³/mol. The Labute approximate surface area is 169 Å². The monoisotopic (exact) mass is 391 g/mol. The van der Waals surface area contributed by atoms with E-state index in [4.69, 9.17) is 4.99 Å². The molecule has 2 unspecified atom stereocenters. The van der Waals surface area contributed by atoms with Gasteiger partial charge in [0.15, 0.2) is 5.96 Å². The molecule has 5 nitrogen and oxygen atoms in total. The molecular formula is C21H37N5S. The minimum absolute atomic E-state index is 0.715. The smallest absolute Gasteiger partial charge is 0.193 e. The molecule has 2 aliphatic rings. The molecular weight excluding hydrogens is 354 g/mol. The summed E-state index contributed by atoms with van der Waals surface area (Å²) in [4.78, 5) is 14.7. The number of likely N-dealkylation sites (tertiary alicyclic amines) is 2. The minimum atomic E-state index is 0.715.